The van der Waals surface area contributed by atoms with E-state index in [0.29, 0.717) is 6.54 Å². The Morgan fingerprint density at radius 2 is 1.80 bits per heavy atom. The molecule has 0 aliphatic carbocycles. The van der Waals surface area contributed by atoms with Crippen LogP contribution in [0.4, 0.5) is 11.4 Å². The zero-order chi connectivity index (χ0) is 20.6. The first-order valence-corrected chi connectivity index (χ1v) is 10.9. The number of hydrogen-bond donors (Lipinski definition) is 1. The second kappa shape index (κ2) is 10.6. The third-order valence-electron chi connectivity index (χ3n) is 5.63. The van der Waals surface area contributed by atoms with E-state index in [-0.39, 0.29) is 12.0 Å². The van der Waals surface area contributed by atoms with Gasteiger partial charge in [0.1, 0.15) is 0 Å². The maximum atomic E-state index is 12.8. The summed E-state index contributed by atoms with van der Waals surface area (Å²) in [7, 11) is 0. The topological polar surface area (TPSA) is 54.0 Å². The number of nitrogens with one attached hydrogen (secondary N) is 1. The molecule has 0 saturated carbocycles. The first-order chi connectivity index (χ1) is 14.8. The number of carbonyl (C=O) groups excluding carboxylic acids is 1. The van der Waals surface area contributed by atoms with Gasteiger partial charge in [-0.3, -0.25) is 9.69 Å². The fraction of sp³-hybridized carbons (Fsp3) is 0.458. The lowest BCUT2D eigenvalue weighted by Gasteiger charge is -2.29. The number of anilines is 2. The Balaban J connectivity index is 1.34. The van der Waals surface area contributed by atoms with Gasteiger partial charge in [0.15, 0.2) is 0 Å². The minimum Gasteiger partial charge on any atom is -0.378 e. The van der Waals surface area contributed by atoms with Crippen LogP contribution in [0.15, 0.2) is 54.6 Å². The molecule has 2 fully saturated rings. The Hall–Kier alpha value is -2.41. The summed E-state index contributed by atoms with van der Waals surface area (Å²) in [5.74, 6) is 0.00282. The number of amides is 1. The highest BCUT2D eigenvalue weighted by molar-refractivity contribution is 5.92. The number of ether oxygens (including phenoxy) is 2. The summed E-state index contributed by atoms with van der Waals surface area (Å²) >= 11 is 0. The minimum absolute atomic E-state index is 0.00282. The summed E-state index contributed by atoms with van der Waals surface area (Å²) in [6.07, 6.45) is 2.39. The molecule has 160 valence electrons. The molecular weight excluding hydrogens is 378 g/mol. The molecule has 1 unspecified atom stereocenters. The molecule has 2 aliphatic heterocycles. The summed E-state index contributed by atoms with van der Waals surface area (Å²) in [4.78, 5) is 17.2. The van der Waals surface area contributed by atoms with Gasteiger partial charge in [-0.25, -0.2) is 0 Å². The fourth-order valence-electron chi connectivity index (χ4n) is 4.08. The van der Waals surface area contributed by atoms with E-state index in [1.54, 1.807) is 0 Å². The number of rotatable bonds is 8. The van der Waals surface area contributed by atoms with E-state index >= 15 is 0 Å². The van der Waals surface area contributed by atoms with Gasteiger partial charge in [-0.1, -0.05) is 30.3 Å². The van der Waals surface area contributed by atoms with Crippen molar-refractivity contribution in [1.29, 1.82) is 0 Å². The number of morpholine rings is 1. The van der Waals surface area contributed by atoms with Crippen LogP contribution in [0.2, 0.25) is 0 Å². The fourth-order valence-corrected chi connectivity index (χ4v) is 4.08. The maximum absolute atomic E-state index is 12.8. The van der Waals surface area contributed by atoms with E-state index in [4.69, 9.17) is 9.47 Å². The monoisotopic (exact) mass is 409 g/mol. The van der Waals surface area contributed by atoms with Gasteiger partial charge in [0.05, 0.1) is 25.9 Å². The zero-order valence-electron chi connectivity index (χ0n) is 17.5. The summed E-state index contributed by atoms with van der Waals surface area (Å²) in [6, 6.07) is 18.4. The smallest absolute Gasteiger partial charge is 0.238 e. The van der Waals surface area contributed by atoms with Crippen molar-refractivity contribution in [2.75, 3.05) is 56.2 Å². The van der Waals surface area contributed by atoms with Crippen LogP contribution in [0.5, 0.6) is 0 Å². The molecule has 1 atom stereocenters. The van der Waals surface area contributed by atoms with Crippen molar-refractivity contribution in [2.45, 2.75) is 25.5 Å². The Labute approximate surface area is 178 Å². The molecule has 2 aromatic carbocycles. The average Bonchev–Trinajstić information content (AvgIpc) is 3.28. The summed E-state index contributed by atoms with van der Waals surface area (Å²) in [6.45, 7) is 6.03. The summed E-state index contributed by atoms with van der Waals surface area (Å²) < 4.78 is 11.2. The van der Waals surface area contributed by atoms with Crippen molar-refractivity contribution in [3.8, 4) is 0 Å². The normalized spacial score (nSPS) is 19.2. The first kappa shape index (κ1) is 20.8. The number of carbonyl (C=O) groups is 1. The van der Waals surface area contributed by atoms with Gasteiger partial charge in [-0.05, 0) is 42.7 Å². The molecule has 0 radical (unpaired) electrons. The van der Waals surface area contributed by atoms with Crippen LogP contribution < -0.4 is 10.2 Å². The quantitative estimate of drug-likeness (QED) is 0.726. The lowest BCUT2D eigenvalue weighted by molar-refractivity contribution is -0.117. The van der Waals surface area contributed by atoms with Crippen molar-refractivity contribution in [3.05, 3.63) is 60.2 Å². The van der Waals surface area contributed by atoms with Crippen LogP contribution in [0, 0.1) is 0 Å². The van der Waals surface area contributed by atoms with E-state index in [0.717, 1.165) is 64.5 Å². The number of hydrogen-bond acceptors (Lipinski definition) is 5. The molecule has 0 aromatic heterocycles. The molecule has 30 heavy (non-hydrogen) atoms. The standard InChI is InChI=1S/C24H31N3O3/c28-24(25-21-8-10-22(11-9-21)27-12-15-29-16-13-27)19-26(18-23-7-4-14-30-23)17-20-5-2-1-3-6-20/h1-3,5-6,8-11,23H,4,7,12-19H2,(H,25,28). The molecule has 0 bridgehead atoms. The second-order valence-corrected chi connectivity index (χ2v) is 7.98. The van der Waals surface area contributed by atoms with Gasteiger partial charge >= 0.3 is 0 Å². The predicted octanol–water partition coefficient (Wildman–Crippen LogP) is 3.14. The molecule has 4 rings (SSSR count). The molecule has 2 aliphatic rings. The lowest BCUT2D eigenvalue weighted by atomic mass is 10.2. The Morgan fingerprint density at radius 1 is 1.03 bits per heavy atom. The molecule has 2 saturated heterocycles. The van der Waals surface area contributed by atoms with Gasteiger partial charge in [-0.2, -0.15) is 0 Å². The Kier molecular flexibility index (Phi) is 7.34. The summed E-state index contributed by atoms with van der Waals surface area (Å²) in [5, 5.41) is 3.05. The third-order valence-corrected chi connectivity index (χ3v) is 5.63. The highest BCUT2D eigenvalue weighted by atomic mass is 16.5. The van der Waals surface area contributed by atoms with E-state index in [2.05, 4.69) is 39.4 Å². The van der Waals surface area contributed by atoms with Gasteiger partial charge in [0, 0.05) is 44.2 Å². The van der Waals surface area contributed by atoms with Crippen LogP contribution >= 0.6 is 0 Å². The Morgan fingerprint density at radius 3 is 2.50 bits per heavy atom. The molecule has 1 N–H and O–H groups in total. The summed E-state index contributed by atoms with van der Waals surface area (Å²) in [5.41, 5.74) is 3.20. The van der Waals surface area contributed by atoms with Gasteiger partial charge < -0.3 is 19.7 Å². The average molecular weight is 410 g/mol. The molecule has 6 heteroatoms. The van der Waals surface area contributed by atoms with Crippen LogP contribution in [-0.4, -0.2) is 62.9 Å². The van der Waals surface area contributed by atoms with Gasteiger partial charge in [-0.15, -0.1) is 0 Å². The zero-order valence-corrected chi connectivity index (χ0v) is 17.5. The molecule has 1 amide bonds. The van der Waals surface area contributed by atoms with Crippen LogP contribution in [0.1, 0.15) is 18.4 Å². The van der Waals surface area contributed by atoms with E-state index in [1.165, 1.54) is 11.3 Å². The minimum atomic E-state index is 0.00282. The third kappa shape index (κ3) is 6.05. The van der Waals surface area contributed by atoms with Crippen LogP contribution in [0.3, 0.4) is 0 Å². The SMILES string of the molecule is O=C(CN(Cc1ccccc1)CC1CCCO1)Nc1ccc(N2CCOCC2)cc1. The van der Waals surface area contributed by atoms with Crippen molar-refractivity contribution in [2.24, 2.45) is 0 Å². The molecule has 2 heterocycles. The van der Waals surface area contributed by atoms with Crippen molar-refractivity contribution in [1.82, 2.24) is 4.90 Å². The van der Waals surface area contributed by atoms with E-state index in [1.807, 2.05) is 30.3 Å². The molecule has 0 spiro atoms. The van der Waals surface area contributed by atoms with E-state index < -0.39 is 0 Å². The highest BCUT2D eigenvalue weighted by Gasteiger charge is 2.21. The van der Waals surface area contributed by atoms with Crippen molar-refractivity contribution in [3.63, 3.8) is 0 Å². The lowest BCUT2D eigenvalue weighted by Crippen LogP contribution is -2.38. The van der Waals surface area contributed by atoms with Crippen LogP contribution in [-0.2, 0) is 20.8 Å². The van der Waals surface area contributed by atoms with Gasteiger partial charge in [0.2, 0.25) is 5.91 Å². The first-order valence-electron chi connectivity index (χ1n) is 10.9. The van der Waals surface area contributed by atoms with Crippen LogP contribution in [0.25, 0.3) is 0 Å². The van der Waals surface area contributed by atoms with Crippen molar-refractivity contribution < 1.29 is 14.3 Å². The number of benzene rings is 2. The molecule has 6 nitrogen and oxygen atoms in total. The molecule has 2 aromatic rings. The Bertz CT molecular complexity index is 785. The van der Waals surface area contributed by atoms with Gasteiger partial charge in [0.25, 0.3) is 0 Å². The predicted molar refractivity (Wildman–Crippen MR) is 119 cm³/mol. The maximum Gasteiger partial charge on any atom is 0.238 e. The number of nitrogens with zero attached hydrogens (tertiary/aromatic N) is 2. The largest absolute Gasteiger partial charge is 0.378 e. The highest BCUT2D eigenvalue weighted by Crippen LogP contribution is 2.19. The second-order valence-electron chi connectivity index (χ2n) is 7.98. The molecular formula is C24H31N3O3. The van der Waals surface area contributed by atoms with E-state index in [9.17, 15) is 4.79 Å². The van der Waals surface area contributed by atoms with Crippen molar-refractivity contribution >= 4 is 17.3 Å².